The minimum atomic E-state index is 0.618. The summed E-state index contributed by atoms with van der Waals surface area (Å²) >= 11 is 0. The molecule has 0 spiro atoms. The smallest absolute Gasteiger partial charge is 0.247 e. The second-order valence-corrected chi connectivity index (χ2v) is 15.4. The largest absolute Gasteiger partial charge is 0.257 e. The Morgan fingerprint density at radius 3 is 1.02 bits per heavy atom. The summed E-state index contributed by atoms with van der Waals surface area (Å²) in [6.45, 7) is 9.43. The average molecular weight is 644 g/mol. The molecule has 0 saturated heterocycles. The molecule has 2 unspecified atom stereocenters. The summed E-state index contributed by atoms with van der Waals surface area (Å²) in [7, 11) is 0. The molecular formula is C44H87N2+. The van der Waals surface area contributed by atoms with Crippen molar-refractivity contribution >= 4 is 0 Å². The number of unbranched alkanes of at least 4 members (excludes halogenated alkanes) is 29. The van der Waals surface area contributed by atoms with Gasteiger partial charge in [0.15, 0.2) is 0 Å². The van der Waals surface area contributed by atoms with E-state index in [0.29, 0.717) is 12.0 Å². The lowest BCUT2D eigenvalue weighted by Gasteiger charge is -2.17. The highest BCUT2D eigenvalue weighted by Gasteiger charge is 2.25. The molecule has 0 aliphatic rings. The first-order valence-electron chi connectivity index (χ1n) is 21.8. The van der Waals surface area contributed by atoms with Gasteiger partial charge in [0.05, 0.1) is 12.0 Å². The first-order chi connectivity index (χ1) is 22.7. The minimum absolute atomic E-state index is 0.618. The lowest BCUT2D eigenvalue weighted by atomic mass is 9.92. The standard InChI is InChI=1S/C44H86N2/c1-5-8-11-14-17-20-22-23-24-27-30-33-36-39-43(38-35-32-29-25-19-16-13-10-7-3)44-45-40-41-46(44)42(4)37-34-31-28-26-21-18-15-12-9-6-2/h40-43H,5-39H2,1-4H3/p+1. The van der Waals surface area contributed by atoms with Crippen LogP contribution in [0, 0.1) is 0 Å². The molecule has 2 heteroatoms. The van der Waals surface area contributed by atoms with Crippen LogP contribution in [0.3, 0.4) is 0 Å². The monoisotopic (exact) mass is 644 g/mol. The van der Waals surface area contributed by atoms with E-state index in [1.807, 2.05) is 0 Å². The number of rotatable bonds is 37. The van der Waals surface area contributed by atoms with Crippen LogP contribution in [0.15, 0.2) is 12.4 Å². The average Bonchev–Trinajstić information content (AvgIpc) is 3.56. The van der Waals surface area contributed by atoms with E-state index in [9.17, 15) is 0 Å². The van der Waals surface area contributed by atoms with E-state index in [2.05, 4.69) is 49.6 Å². The van der Waals surface area contributed by atoms with Gasteiger partial charge >= 0.3 is 0 Å². The molecule has 46 heavy (non-hydrogen) atoms. The van der Waals surface area contributed by atoms with Gasteiger partial charge < -0.3 is 0 Å². The van der Waals surface area contributed by atoms with Crippen LogP contribution >= 0.6 is 0 Å². The maximum absolute atomic E-state index is 3.77. The highest BCUT2D eigenvalue weighted by Crippen LogP contribution is 2.27. The highest BCUT2D eigenvalue weighted by atomic mass is 15.1. The number of imidazole rings is 1. The quantitative estimate of drug-likeness (QED) is 0.0550. The van der Waals surface area contributed by atoms with Crippen LogP contribution in [-0.2, 0) is 0 Å². The Balaban J connectivity index is 2.40. The number of hydrogen-bond donors (Lipinski definition) is 1. The van der Waals surface area contributed by atoms with Crippen molar-refractivity contribution in [1.29, 1.82) is 0 Å². The fourth-order valence-corrected chi connectivity index (χ4v) is 7.66. The molecule has 1 heterocycles. The molecule has 0 bridgehead atoms. The minimum Gasteiger partial charge on any atom is -0.247 e. The molecule has 0 aliphatic heterocycles. The number of H-pyrrole nitrogens is 1. The van der Waals surface area contributed by atoms with E-state index in [-0.39, 0.29) is 0 Å². The zero-order chi connectivity index (χ0) is 33.2. The Morgan fingerprint density at radius 1 is 0.413 bits per heavy atom. The maximum atomic E-state index is 3.77. The second-order valence-electron chi connectivity index (χ2n) is 15.4. The first-order valence-corrected chi connectivity index (χ1v) is 21.8. The van der Waals surface area contributed by atoms with Crippen molar-refractivity contribution in [2.24, 2.45) is 0 Å². The Morgan fingerprint density at radius 2 is 0.696 bits per heavy atom. The fourth-order valence-electron chi connectivity index (χ4n) is 7.66. The maximum Gasteiger partial charge on any atom is 0.257 e. The van der Waals surface area contributed by atoms with Gasteiger partial charge in [-0.05, 0) is 32.6 Å². The zero-order valence-corrected chi connectivity index (χ0v) is 32.5. The van der Waals surface area contributed by atoms with Crippen molar-refractivity contribution in [2.75, 3.05) is 0 Å². The van der Waals surface area contributed by atoms with Gasteiger partial charge in [-0.3, -0.25) is 0 Å². The van der Waals surface area contributed by atoms with Gasteiger partial charge in [-0.25, -0.2) is 9.55 Å². The third-order valence-electron chi connectivity index (χ3n) is 10.9. The van der Waals surface area contributed by atoms with E-state index < -0.39 is 0 Å². The molecule has 1 N–H and O–H groups in total. The van der Waals surface area contributed by atoms with Gasteiger partial charge in [0.1, 0.15) is 12.4 Å². The molecule has 1 rings (SSSR count). The molecular weight excluding hydrogens is 556 g/mol. The first kappa shape index (κ1) is 43.2. The van der Waals surface area contributed by atoms with Crippen LogP contribution in [0.5, 0.6) is 0 Å². The van der Waals surface area contributed by atoms with Gasteiger partial charge in [0.25, 0.3) is 5.82 Å². The summed E-state index contributed by atoms with van der Waals surface area (Å²) in [5, 5.41) is 0. The Bertz CT molecular complexity index is 709. The topological polar surface area (TPSA) is 19.7 Å². The Kier molecular flexibility index (Phi) is 32.0. The third-order valence-corrected chi connectivity index (χ3v) is 10.9. The van der Waals surface area contributed by atoms with E-state index >= 15 is 0 Å². The molecule has 1 aromatic rings. The number of aromatic amines is 1. The van der Waals surface area contributed by atoms with Crippen LogP contribution < -0.4 is 4.57 Å². The van der Waals surface area contributed by atoms with Gasteiger partial charge in [0, 0.05) is 0 Å². The van der Waals surface area contributed by atoms with Crippen molar-refractivity contribution in [1.82, 2.24) is 4.98 Å². The van der Waals surface area contributed by atoms with Gasteiger partial charge in [-0.1, -0.05) is 220 Å². The van der Waals surface area contributed by atoms with Crippen molar-refractivity contribution in [3.63, 3.8) is 0 Å². The fraction of sp³-hybridized carbons (Fsp3) is 0.932. The van der Waals surface area contributed by atoms with Crippen molar-refractivity contribution in [3.8, 4) is 0 Å². The lowest BCUT2D eigenvalue weighted by Crippen LogP contribution is -2.41. The summed E-state index contributed by atoms with van der Waals surface area (Å²) < 4.78 is 2.65. The Hall–Kier alpha value is -0.790. The van der Waals surface area contributed by atoms with Gasteiger partial charge in [0.2, 0.25) is 0 Å². The number of nitrogens with zero attached hydrogens (tertiary/aromatic N) is 1. The molecule has 2 nitrogen and oxygen atoms in total. The molecule has 1 aromatic heterocycles. The summed E-state index contributed by atoms with van der Waals surface area (Å²) in [5.41, 5.74) is 0. The van der Waals surface area contributed by atoms with E-state index in [1.54, 1.807) is 0 Å². The third kappa shape index (κ3) is 25.3. The normalized spacial score (nSPS) is 13.0. The summed E-state index contributed by atoms with van der Waals surface area (Å²) in [5.74, 6) is 2.25. The second kappa shape index (κ2) is 34.1. The van der Waals surface area contributed by atoms with Crippen LogP contribution in [0.25, 0.3) is 0 Å². The zero-order valence-electron chi connectivity index (χ0n) is 32.5. The molecule has 0 fully saturated rings. The van der Waals surface area contributed by atoms with Crippen molar-refractivity contribution in [2.45, 2.75) is 264 Å². The van der Waals surface area contributed by atoms with E-state index in [4.69, 9.17) is 0 Å². The van der Waals surface area contributed by atoms with Crippen LogP contribution in [0.2, 0.25) is 0 Å². The van der Waals surface area contributed by atoms with Crippen LogP contribution in [0.4, 0.5) is 0 Å². The molecule has 2 atom stereocenters. The van der Waals surface area contributed by atoms with E-state index in [0.717, 1.165) is 0 Å². The number of aromatic nitrogens is 2. The molecule has 0 saturated carbocycles. The van der Waals surface area contributed by atoms with Crippen LogP contribution in [0.1, 0.15) is 270 Å². The molecule has 272 valence electrons. The van der Waals surface area contributed by atoms with Crippen LogP contribution in [-0.4, -0.2) is 4.98 Å². The molecule has 0 amide bonds. The van der Waals surface area contributed by atoms with Crippen molar-refractivity contribution < 1.29 is 4.57 Å². The summed E-state index contributed by atoms with van der Waals surface area (Å²) in [6, 6.07) is 0.618. The molecule has 0 aliphatic carbocycles. The highest BCUT2D eigenvalue weighted by molar-refractivity contribution is 4.90. The summed E-state index contributed by atoms with van der Waals surface area (Å²) in [6.07, 6.45) is 54.6. The van der Waals surface area contributed by atoms with Gasteiger partial charge in [-0.2, -0.15) is 0 Å². The lowest BCUT2D eigenvalue weighted by molar-refractivity contribution is -0.727. The Labute approximate surface area is 291 Å². The van der Waals surface area contributed by atoms with E-state index in [1.165, 1.54) is 231 Å². The van der Waals surface area contributed by atoms with Crippen molar-refractivity contribution in [3.05, 3.63) is 18.2 Å². The number of hydrogen-bond acceptors (Lipinski definition) is 0. The van der Waals surface area contributed by atoms with Gasteiger partial charge in [-0.15, -0.1) is 0 Å². The predicted molar refractivity (Wildman–Crippen MR) is 207 cm³/mol. The molecule has 0 aromatic carbocycles. The molecule has 0 radical (unpaired) electrons. The summed E-state index contributed by atoms with van der Waals surface area (Å²) in [4.78, 5) is 3.77. The number of nitrogens with one attached hydrogen (secondary N) is 1. The predicted octanol–water partition coefficient (Wildman–Crippen LogP) is 15.7. The SMILES string of the molecule is CCCCCCCCCCCCCCCC(CCCCCCCCCCC)c1[nH]cc[n+]1C(C)CCCCCCCCCCCC.